The zero-order chi connectivity index (χ0) is 18.4. The van der Waals surface area contributed by atoms with Gasteiger partial charge < -0.3 is 9.84 Å². The molecule has 0 saturated carbocycles. The topological polar surface area (TPSA) is 88.3 Å². The van der Waals surface area contributed by atoms with Gasteiger partial charge >= 0.3 is 5.97 Å². The van der Waals surface area contributed by atoms with Crippen LogP contribution in [0.3, 0.4) is 0 Å². The summed E-state index contributed by atoms with van der Waals surface area (Å²) in [6.07, 6.45) is 0. The van der Waals surface area contributed by atoms with Crippen LogP contribution in [0.2, 0.25) is 0 Å². The van der Waals surface area contributed by atoms with Gasteiger partial charge in [-0.3, -0.25) is 4.79 Å². The summed E-state index contributed by atoms with van der Waals surface area (Å²) in [7, 11) is 1.08. The predicted octanol–water partition coefficient (Wildman–Crippen LogP) is 4.06. The van der Waals surface area contributed by atoms with E-state index in [9.17, 15) is 14.7 Å². The standard InChI is InChI=1S/C19H18N2O4/c1-12-4-8-14(9-5-12)17(22)16(18(23)19(24)25-3)21-20-15-10-6-13(2)7-11-15/h4-11,22H,1-3H3. The van der Waals surface area contributed by atoms with Gasteiger partial charge in [0.25, 0.3) is 5.78 Å². The van der Waals surface area contributed by atoms with E-state index in [-0.39, 0.29) is 0 Å². The van der Waals surface area contributed by atoms with Crippen molar-refractivity contribution in [3.8, 4) is 0 Å². The molecule has 0 heterocycles. The van der Waals surface area contributed by atoms with Gasteiger partial charge in [0, 0.05) is 5.56 Å². The number of methoxy groups -OCH3 is 1. The Morgan fingerprint density at radius 3 is 1.96 bits per heavy atom. The average Bonchev–Trinajstić information content (AvgIpc) is 2.62. The lowest BCUT2D eigenvalue weighted by Gasteiger charge is -2.05. The molecule has 0 amide bonds. The van der Waals surface area contributed by atoms with E-state index in [2.05, 4.69) is 15.0 Å². The number of ketones is 1. The highest BCUT2D eigenvalue weighted by Crippen LogP contribution is 2.21. The number of nitrogens with zero attached hydrogens (tertiary/aromatic N) is 2. The van der Waals surface area contributed by atoms with Gasteiger partial charge in [0.05, 0.1) is 12.8 Å². The van der Waals surface area contributed by atoms with E-state index in [0.29, 0.717) is 11.3 Å². The van der Waals surface area contributed by atoms with Crippen LogP contribution in [0.4, 0.5) is 5.69 Å². The molecule has 2 aromatic rings. The van der Waals surface area contributed by atoms with Crippen molar-refractivity contribution in [3.63, 3.8) is 0 Å². The summed E-state index contributed by atoms with van der Waals surface area (Å²) in [5, 5.41) is 18.1. The van der Waals surface area contributed by atoms with Crippen molar-refractivity contribution < 1.29 is 19.4 Å². The second kappa shape index (κ2) is 8.01. The van der Waals surface area contributed by atoms with Crippen molar-refractivity contribution in [2.75, 3.05) is 7.11 Å². The third-order valence-corrected chi connectivity index (χ3v) is 3.43. The minimum Gasteiger partial charge on any atom is -0.505 e. The summed E-state index contributed by atoms with van der Waals surface area (Å²) < 4.78 is 4.43. The third kappa shape index (κ3) is 4.60. The highest BCUT2D eigenvalue weighted by molar-refractivity contribution is 6.41. The molecule has 2 aromatic carbocycles. The van der Waals surface area contributed by atoms with Crippen LogP contribution in [0.1, 0.15) is 16.7 Å². The third-order valence-electron chi connectivity index (χ3n) is 3.43. The maximum absolute atomic E-state index is 12.2. The number of Topliss-reactive ketones (excluding diaryl/α,β-unsaturated/α-hetero) is 1. The van der Waals surface area contributed by atoms with Gasteiger partial charge in [-0.1, -0.05) is 47.5 Å². The van der Waals surface area contributed by atoms with Gasteiger partial charge in [0.1, 0.15) is 0 Å². The quantitative estimate of drug-likeness (QED) is 0.293. The Hall–Kier alpha value is -3.28. The van der Waals surface area contributed by atoms with Crippen molar-refractivity contribution in [2.24, 2.45) is 10.2 Å². The maximum atomic E-state index is 12.2. The Balaban J connectivity index is 2.47. The monoisotopic (exact) mass is 338 g/mol. The van der Waals surface area contributed by atoms with E-state index in [1.54, 1.807) is 36.4 Å². The molecule has 0 atom stereocenters. The van der Waals surface area contributed by atoms with Crippen LogP contribution in [0.25, 0.3) is 5.76 Å². The molecule has 6 nitrogen and oxygen atoms in total. The number of benzene rings is 2. The van der Waals surface area contributed by atoms with Crippen molar-refractivity contribution in [1.29, 1.82) is 0 Å². The van der Waals surface area contributed by atoms with Crippen molar-refractivity contribution in [3.05, 3.63) is 70.9 Å². The number of hydrogen-bond acceptors (Lipinski definition) is 6. The summed E-state index contributed by atoms with van der Waals surface area (Å²) in [6, 6.07) is 13.9. The molecule has 0 spiro atoms. The molecule has 2 rings (SSSR count). The first kappa shape index (κ1) is 18.1. The lowest BCUT2D eigenvalue weighted by atomic mass is 10.1. The summed E-state index contributed by atoms with van der Waals surface area (Å²) in [4.78, 5) is 23.8. The SMILES string of the molecule is COC(=O)C(=O)C(N=Nc1ccc(C)cc1)=C(O)c1ccc(C)cc1. The zero-order valence-electron chi connectivity index (χ0n) is 14.2. The van der Waals surface area contributed by atoms with E-state index in [4.69, 9.17) is 0 Å². The molecule has 0 aliphatic heterocycles. The molecule has 1 N–H and O–H groups in total. The number of esters is 1. The number of rotatable bonds is 5. The summed E-state index contributed by atoms with van der Waals surface area (Å²) in [5.74, 6) is -2.64. The number of aliphatic hydroxyl groups is 1. The van der Waals surface area contributed by atoms with Gasteiger partial charge in [0.2, 0.25) is 0 Å². The molecule has 0 bridgehead atoms. The fourth-order valence-corrected chi connectivity index (χ4v) is 1.96. The van der Waals surface area contributed by atoms with E-state index >= 15 is 0 Å². The summed E-state index contributed by atoms with van der Waals surface area (Å²) >= 11 is 0. The minimum atomic E-state index is -1.13. The number of ether oxygens (including phenoxy) is 1. The fraction of sp³-hybridized carbons (Fsp3) is 0.158. The molecule has 0 fully saturated rings. The Bertz CT molecular complexity index is 835. The molecule has 25 heavy (non-hydrogen) atoms. The summed E-state index contributed by atoms with van der Waals surface area (Å²) in [5.41, 5.74) is 2.39. The van der Waals surface area contributed by atoms with Gasteiger partial charge in [-0.25, -0.2) is 4.79 Å². The van der Waals surface area contributed by atoms with Crippen molar-refractivity contribution in [1.82, 2.24) is 0 Å². The molecule has 0 unspecified atom stereocenters. The predicted molar refractivity (Wildman–Crippen MR) is 93.4 cm³/mol. The van der Waals surface area contributed by atoms with E-state index in [1.807, 2.05) is 26.0 Å². The highest BCUT2D eigenvalue weighted by Gasteiger charge is 2.24. The Labute approximate surface area is 145 Å². The number of aliphatic hydroxyl groups excluding tert-OH is 1. The first-order valence-corrected chi connectivity index (χ1v) is 7.53. The molecule has 6 heteroatoms. The second-order valence-electron chi connectivity index (χ2n) is 5.42. The summed E-state index contributed by atoms with van der Waals surface area (Å²) in [6.45, 7) is 3.82. The lowest BCUT2D eigenvalue weighted by Crippen LogP contribution is -2.18. The number of azo groups is 1. The molecular formula is C19H18N2O4. The maximum Gasteiger partial charge on any atom is 0.381 e. The van der Waals surface area contributed by atoms with Gasteiger partial charge in [-0.05, 0) is 26.0 Å². The van der Waals surface area contributed by atoms with Crippen LogP contribution in [-0.4, -0.2) is 24.0 Å². The number of carbonyl (C=O) groups excluding carboxylic acids is 2. The Kier molecular flexibility index (Phi) is 5.79. The molecule has 0 radical (unpaired) electrons. The van der Waals surface area contributed by atoms with Crippen LogP contribution in [0.5, 0.6) is 0 Å². The molecule has 0 aromatic heterocycles. The molecular weight excluding hydrogens is 320 g/mol. The second-order valence-corrected chi connectivity index (χ2v) is 5.42. The number of hydrogen-bond donors (Lipinski definition) is 1. The normalized spacial score (nSPS) is 12.0. The molecule has 0 saturated heterocycles. The van der Waals surface area contributed by atoms with Crippen LogP contribution in [0.15, 0.2) is 64.5 Å². The van der Waals surface area contributed by atoms with Gasteiger partial charge in [-0.15, -0.1) is 5.11 Å². The van der Waals surface area contributed by atoms with Crippen LogP contribution < -0.4 is 0 Å². The molecule has 128 valence electrons. The molecule has 0 aliphatic rings. The lowest BCUT2D eigenvalue weighted by molar-refractivity contribution is -0.149. The number of aryl methyl sites for hydroxylation is 2. The highest BCUT2D eigenvalue weighted by atomic mass is 16.5. The number of carbonyl (C=O) groups is 2. The van der Waals surface area contributed by atoms with E-state index < -0.39 is 23.2 Å². The van der Waals surface area contributed by atoms with Crippen LogP contribution in [-0.2, 0) is 14.3 Å². The Morgan fingerprint density at radius 1 is 0.920 bits per heavy atom. The zero-order valence-corrected chi connectivity index (χ0v) is 14.2. The van der Waals surface area contributed by atoms with Crippen molar-refractivity contribution in [2.45, 2.75) is 13.8 Å². The smallest absolute Gasteiger partial charge is 0.381 e. The van der Waals surface area contributed by atoms with Gasteiger partial charge in [-0.2, -0.15) is 5.11 Å². The van der Waals surface area contributed by atoms with Crippen LogP contribution in [0, 0.1) is 13.8 Å². The van der Waals surface area contributed by atoms with Gasteiger partial charge in [0.15, 0.2) is 11.5 Å². The first-order valence-electron chi connectivity index (χ1n) is 7.53. The average molecular weight is 338 g/mol. The Morgan fingerprint density at radius 2 is 1.44 bits per heavy atom. The van der Waals surface area contributed by atoms with Crippen LogP contribution >= 0.6 is 0 Å². The minimum absolute atomic E-state index is 0.348. The van der Waals surface area contributed by atoms with E-state index in [0.717, 1.165) is 18.2 Å². The first-order chi connectivity index (χ1) is 11.9. The van der Waals surface area contributed by atoms with Crippen molar-refractivity contribution >= 4 is 23.2 Å². The fourth-order valence-electron chi connectivity index (χ4n) is 1.96. The van der Waals surface area contributed by atoms with E-state index in [1.165, 1.54) is 0 Å². The molecule has 0 aliphatic carbocycles. The largest absolute Gasteiger partial charge is 0.505 e.